The van der Waals surface area contributed by atoms with E-state index >= 15 is 0 Å². The summed E-state index contributed by atoms with van der Waals surface area (Å²) in [5.41, 5.74) is 10.8. The van der Waals surface area contributed by atoms with E-state index in [1.807, 2.05) is 12.1 Å². The van der Waals surface area contributed by atoms with E-state index in [1.165, 1.54) is 38.1 Å². The molecule has 0 saturated carbocycles. The number of benzene rings is 7. The number of para-hydroxylation sites is 3. The van der Waals surface area contributed by atoms with E-state index < -0.39 is 0 Å². The Morgan fingerprint density at radius 2 is 1.11 bits per heavy atom. The van der Waals surface area contributed by atoms with Crippen molar-refractivity contribution in [3.8, 4) is 39.4 Å². The maximum atomic E-state index is 6.31. The van der Waals surface area contributed by atoms with Crippen molar-refractivity contribution in [3.05, 3.63) is 158 Å². The molecule has 9 rings (SSSR count). The molecule has 206 valence electrons. The van der Waals surface area contributed by atoms with Crippen LogP contribution in [0.4, 0.5) is 0 Å². The Morgan fingerprint density at radius 1 is 0.455 bits per heavy atom. The summed E-state index contributed by atoms with van der Waals surface area (Å²) >= 11 is 0. The highest BCUT2D eigenvalue weighted by Crippen LogP contribution is 2.37. The Hall–Kier alpha value is -5.93. The Balaban J connectivity index is 1.11. The predicted octanol–water partition coefficient (Wildman–Crippen LogP) is 11.1. The molecule has 9 aromatic rings. The van der Waals surface area contributed by atoms with Crippen molar-refractivity contribution in [1.29, 1.82) is 0 Å². The van der Waals surface area contributed by atoms with Gasteiger partial charge in [-0.25, -0.2) is 4.98 Å². The number of rotatable bonds is 4. The van der Waals surface area contributed by atoms with Crippen molar-refractivity contribution in [2.45, 2.75) is 0 Å². The molecule has 0 N–H and O–H groups in total. The first-order valence-corrected chi connectivity index (χ1v) is 14.9. The third kappa shape index (κ3) is 3.87. The van der Waals surface area contributed by atoms with Gasteiger partial charge in [0.25, 0.3) is 0 Å². The fourth-order valence-corrected chi connectivity index (χ4v) is 6.56. The number of oxazole rings is 1. The summed E-state index contributed by atoms with van der Waals surface area (Å²) in [6, 6.07) is 55.5. The summed E-state index contributed by atoms with van der Waals surface area (Å²) in [4.78, 5) is 5.01. The second kappa shape index (κ2) is 9.82. The molecule has 2 aromatic heterocycles. The normalized spacial score (nSPS) is 11.6. The molecule has 0 fully saturated rings. The lowest BCUT2D eigenvalue weighted by molar-refractivity contribution is 0.620. The summed E-state index contributed by atoms with van der Waals surface area (Å²) in [6.45, 7) is 0. The Kier molecular flexibility index (Phi) is 5.50. The first kappa shape index (κ1) is 24.6. The van der Waals surface area contributed by atoms with Crippen molar-refractivity contribution in [3.63, 3.8) is 0 Å². The van der Waals surface area contributed by atoms with Crippen LogP contribution in [0, 0.1) is 0 Å². The molecule has 44 heavy (non-hydrogen) atoms. The van der Waals surface area contributed by atoms with Gasteiger partial charge < -0.3 is 8.98 Å². The van der Waals surface area contributed by atoms with E-state index in [-0.39, 0.29) is 0 Å². The molecule has 0 bridgehead atoms. The minimum atomic E-state index is 0.626. The number of hydrogen-bond acceptors (Lipinski definition) is 2. The van der Waals surface area contributed by atoms with Crippen LogP contribution in [-0.4, -0.2) is 9.55 Å². The average molecular weight is 563 g/mol. The van der Waals surface area contributed by atoms with Crippen molar-refractivity contribution in [2.24, 2.45) is 0 Å². The fraction of sp³-hybridized carbons (Fsp3) is 0. The summed E-state index contributed by atoms with van der Waals surface area (Å²) in [6.07, 6.45) is 0. The number of hydrogen-bond donors (Lipinski definition) is 0. The molecule has 0 radical (unpaired) electrons. The van der Waals surface area contributed by atoms with Gasteiger partial charge in [-0.15, -0.1) is 0 Å². The minimum absolute atomic E-state index is 0.626. The molecule has 0 amide bonds. The van der Waals surface area contributed by atoms with Crippen molar-refractivity contribution in [1.82, 2.24) is 9.55 Å². The van der Waals surface area contributed by atoms with Crippen LogP contribution in [0.15, 0.2) is 162 Å². The largest absolute Gasteiger partial charge is 0.436 e. The molecule has 3 heteroatoms. The monoisotopic (exact) mass is 562 g/mol. The van der Waals surface area contributed by atoms with Crippen LogP contribution in [-0.2, 0) is 0 Å². The molecule has 0 saturated heterocycles. The SMILES string of the molecule is c1ccc(-n2c3ccccc3c3cc(-c4ccc(-c5nc6c(-c7cccc8ccccc78)cccc6o5)cc4)ccc32)cc1. The van der Waals surface area contributed by atoms with Gasteiger partial charge in [-0.1, -0.05) is 109 Å². The van der Waals surface area contributed by atoms with Gasteiger partial charge in [-0.05, 0) is 76.0 Å². The maximum absolute atomic E-state index is 6.31. The lowest BCUT2D eigenvalue weighted by Crippen LogP contribution is -1.92. The van der Waals surface area contributed by atoms with Gasteiger partial charge >= 0.3 is 0 Å². The highest BCUT2D eigenvalue weighted by Gasteiger charge is 2.16. The van der Waals surface area contributed by atoms with E-state index in [4.69, 9.17) is 9.40 Å². The quantitative estimate of drug-likeness (QED) is 0.214. The van der Waals surface area contributed by atoms with Crippen LogP contribution in [0.25, 0.3) is 83.1 Å². The average Bonchev–Trinajstić information content (AvgIpc) is 3.68. The zero-order valence-corrected chi connectivity index (χ0v) is 23.8. The van der Waals surface area contributed by atoms with E-state index in [9.17, 15) is 0 Å². The molecule has 3 nitrogen and oxygen atoms in total. The zero-order valence-electron chi connectivity index (χ0n) is 23.8. The molecular weight excluding hydrogens is 536 g/mol. The second-order valence-corrected chi connectivity index (χ2v) is 11.2. The Labute approximate surface area is 254 Å². The molecule has 0 atom stereocenters. The third-order valence-electron chi connectivity index (χ3n) is 8.65. The van der Waals surface area contributed by atoms with Crippen LogP contribution in [0.3, 0.4) is 0 Å². The lowest BCUT2D eigenvalue weighted by Gasteiger charge is -2.08. The molecule has 2 heterocycles. The number of aromatic nitrogens is 2. The summed E-state index contributed by atoms with van der Waals surface area (Å²) in [7, 11) is 0. The summed E-state index contributed by atoms with van der Waals surface area (Å²) in [5, 5.41) is 4.91. The molecule has 0 unspecified atom stereocenters. The predicted molar refractivity (Wildman–Crippen MR) is 182 cm³/mol. The lowest BCUT2D eigenvalue weighted by atomic mass is 9.97. The van der Waals surface area contributed by atoms with Crippen LogP contribution >= 0.6 is 0 Å². The van der Waals surface area contributed by atoms with Gasteiger partial charge in [0.2, 0.25) is 5.89 Å². The topological polar surface area (TPSA) is 31.0 Å². The van der Waals surface area contributed by atoms with E-state index in [0.29, 0.717) is 5.89 Å². The highest BCUT2D eigenvalue weighted by atomic mass is 16.3. The van der Waals surface area contributed by atoms with E-state index in [1.54, 1.807) is 0 Å². The van der Waals surface area contributed by atoms with Gasteiger partial charge in [-0.2, -0.15) is 0 Å². The van der Waals surface area contributed by atoms with Crippen molar-refractivity contribution >= 4 is 43.7 Å². The van der Waals surface area contributed by atoms with Gasteiger partial charge in [0.15, 0.2) is 5.58 Å². The molecule has 7 aromatic carbocycles. The van der Waals surface area contributed by atoms with Gasteiger partial charge in [0.05, 0.1) is 11.0 Å². The Morgan fingerprint density at radius 3 is 2.00 bits per heavy atom. The minimum Gasteiger partial charge on any atom is -0.436 e. The van der Waals surface area contributed by atoms with E-state index in [2.05, 4.69) is 150 Å². The molecule has 0 aliphatic heterocycles. The first-order chi connectivity index (χ1) is 21.8. The standard InChI is InChI=1S/C41H26N2O/c1-2-12-31(13-3-1)43-37-18-7-6-15-34(37)36-26-30(24-25-38(36)43)27-20-22-29(23-21-27)41-42-40-35(17-9-19-39(40)44-41)33-16-8-11-28-10-4-5-14-32(28)33/h1-26H. The van der Waals surface area contributed by atoms with Crippen molar-refractivity contribution in [2.75, 3.05) is 0 Å². The van der Waals surface area contributed by atoms with Gasteiger partial charge in [0, 0.05) is 27.6 Å². The van der Waals surface area contributed by atoms with Crippen molar-refractivity contribution < 1.29 is 4.42 Å². The zero-order chi connectivity index (χ0) is 29.0. The van der Waals surface area contributed by atoms with Gasteiger partial charge in [-0.3, -0.25) is 0 Å². The third-order valence-corrected chi connectivity index (χ3v) is 8.65. The molecule has 0 aliphatic carbocycles. The molecular formula is C41H26N2O. The Bertz CT molecular complexity index is 2480. The maximum Gasteiger partial charge on any atom is 0.227 e. The summed E-state index contributed by atoms with van der Waals surface area (Å²) < 4.78 is 8.66. The smallest absolute Gasteiger partial charge is 0.227 e. The fourth-order valence-electron chi connectivity index (χ4n) is 6.56. The van der Waals surface area contributed by atoms with Crippen LogP contribution in [0.1, 0.15) is 0 Å². The van der Waals surface area contributed by atoms with Crippen LogP contribution in [0.2, 0.25) is 0 Å². The molecule has 0 aliphatic rings. The van der Waals surface area contributed by atoms with E-state index in [0.717, 1.165) is 39.0 Å². The van der Waals surface area contributed by atoms with Gasteiger partial charge in [0.1, 0.15) is 5.52 Å². The van der Waals surface area contributed by atoms with Crippen LogP contribution in [0.5, 0.6) is 0 Å². The highest BCUT2D eigenvalue weighted by molar-refractivity contribution is 6.10. The first-order valence-electron chi connectivity index (χ1n) is 14.9. The van der Waals surface area contributed by atoms with Crippen LogP contribution < -0.4 is 0 Å². The summed E-state index contributed by atoms with van der Waals surface area (Å²) in [5.74, 6) is 0.626. The number of fused-ring (bicyclic) bond motifs is 5. The molecule has 0 spiro atoms. The number of nitrogens with zero attached hydrogens (tertiary/aromatic N) is 2. The second-order valence-electron chi connectivity index (χ2n) is 11.2.